The molecule has 0 saturated carbocycles. The van der Waals surface area contributed by atoms with Gasteiger partial charge in [0.1, 0.15) is 0 Å². The van der Waals surface area contributed by atoms with Crippen molar-refractivity contribution in [3.63, 3.8) is 0 Å². The summed E-state index contributed by atoms with van der Waals surface area (Å²) in [5.74, 6) is 0. The first kappa shape index (κ1) is 22.8. The van der Waals surface area contributed by atoms with Crippen LogP contribution in [-0.4, -0.2) is 143 Å². The predicted octanol–water partition coefficient (Wildman–Crippen LogP) is -2.75. The Hall–Kier alpha value is 5.34. The fraction of sp³-hybridized carbons (Fsp3) is 0. The average Bonchev–Trinajstić information content (AvgIpc) is 0. The van der Waals surface area contributed by atoms with E-state index >= 15 is 0 Å². The summed E-state index contributed by atoms with van der Waals surface area (Å²) in [5, 5.41) is 0. The normalized spacial score (nSPS) is 0. The van der Waals surface area contributed by atoms with E-state index in [1.807, 2.05) is 0 Å². The number of rotatable bonds is 0. The van der Waals surface area contributed by atoms with Crippen LogP contribution < -0.4 is 0 Å². The number of hydrogen-bond acceptors (Lipinski definition) is 0. The van der Waals surface area contributed by atoms with Crippen LogP contribution >= 0.6 is 0 Å². The molecule has 0 saturated heterocycles. The third-order valence-corrected chi connectivity index (χ3v) is 0. The van der Waals surface area contributed by atoms with Crippen molar-refractivity contribution in [2.24, 2.45) is 0 Å². The fourth-order valence-electron chi connectivity index (χ4n) is 0. The second kappa shape index (κ2) is 15.8. The molecule has 0 heterocycles. The van der Waals surface area contributed by atoms with E-state index in [0.29, 0.717) is 0 Å². The Morgan fingerprint density at radius 2 is 0.750 bits per heavy atom. The van der Waals surface area contributed by atoms with Crippen molar-refractivity contribution in [2.45, 2.75) is 0 Å². The molecule has 0 radical (unpaired) electrons. The van der Waals surface area contributed by atoms with Crippen molar-refractivity contribution in [3.8, 4) is 0 Å². The molecule has 0 unspecified atom stereocenters. The molecule has 4 heavy (non-hydrogen) atoms. The molecule has 0 aromatic carbocycles. The monoisotopic (exact) mass is 418 g/mol. The van der Waals surface area contributed by atoms with Gasteiger partial charge in [-0.2, -0.15) is 0 Å². The molecule has 0 atom stereocenters. The molecule has 0 bridgehead atoms. The minimum absolute atomic E-state index is 0. The Labute approximate surface area is 159 Å². The molecule has 0 amide bonds. The van der Waals surface area contributed by atoms with E-state index in [0.717, 1.165) is 0 Å². The summed E-state index contributed by atoms with van der Waals surface area (Å²) in [6.07, 6.45) is 0. The average molecular weight is 416 g/mol. The van der Waals surface area contributed by atoms with E-state index < -0.39 is 0 Å². The molecular formula is H6Ba2SrTi. The Morgan fingerprint density at radius 3 is 0.750 bits per heavy atom. The molecule has 0 aromatic rings. The SMILES string of the molecule is [BaH2].[BaH2].[SrH2].[Ti]. The largest absolute Gasteiger partial charge is 0 e. The molecule has 0 nitrogen and oxygen atoms in total. The van der Waals surface area contributed by atoms with Crippen LogP contribution in [0.25, 0.3) is 0 Å². The molecule has 0 rings (SSSR count). The van der Waals surface area contributed by atoms with Gasteiger partial charge in [-0.05, 0) is 0 Å². The third kappa shape index (κ3) is 10.3. The van der Waals surface area contributed by atoms with Gasteiger partial charge >= 0.3 is 143 Å². The Bertz CT molecular complexity index is 6.00. The van der Waals surface area contributed by atoms with Gasteiger partial charge in [-0.25, -0.2) is 0 Å². The van der Waals surface area contributed by atoms with E-state index in [-0.39, 0.29) is 165 Å². The van der Waals surface area contributed by atoms with Crippen LogP contribution in [0.5, 0.6) is 0 Å². The van der Waals surface area contributed by atoms with Crippen LogP contribution in [0.2, 0.25) is 0 Å². The quantitative estimate of drug-likeness (QED) is 0.376. The smallest absolute Gasteiger partial charge is 0 e. The fourth-order valence-corrected chi connectivity index (χ4v) is 0. The molecule has 0 aliphatic carbocycles. The van der Waals surface area contributed by atoms with Crippen LogP contribution in [0.15, 0.2) is 0 Å². The van der Waals surface area contributed by atoms with E-state index in [1.54, 1.807) is 0 Å². The van der Waals surface area contributed by atoms with Crippen LogP contribution in [0, 0.1) is 0 Å². The Balaban J connectivity index is 0. The Kier molecular flexibility index (Phi) is 89.7. The first-order chi connectivity index (χ1) is 0. The van der Waals surface area contributed by atoms with Gasteiger partial charge < -0.3 is 0 Å². The summed E-state index contributed by atoms with van der Waals surface area (Å²) in [7, 11) is 0. The summed E-state index contributed by atoms with van der Waals surface area (Å²) in [6.45, 7) is 0. The number of hydrogen-bond donors (Lipinski definition) is 0. The maximum atomic E-state index is 0. The minimum atomic E-state index is 0. The van der Waals surface area contributed by atoms with Gasteiger partial charge in [0, 0.05) is 21.7 Å². The first-order valence-corrected chi connectivity index (χ1v) is 0. The topological polar surface area (TPSA) is 0 Å². The molecule has 0 aromatic heterocycles. The van der Waals surface area contributed by atoms with E-state index in [2.05, 4.69) is 0 Å². The van der Waals surface area contributed by atoms with Gasteiger partial charge in [-0.15, -0.1) is 0 Å². The molecule has 0 fully saturated rings. The molecule has 0 N–H and O–H groups in total. The summed E-state index contributed by atoms with van der Waals surface area (Å²) in [5.41, 5.74) is 0. The minimum Gasteiger partial charge on any atom is 0 e. The Morgan fingerprint density at radius 1 is 0.750 bits per heavy atom. The van der Waals surface area contributed by atoms with Gasteiger partial charge in [-0.1, -0.05) is 0 Å². The zero-order valence-corrected chi connectivity index (χ0v) is 2.06. The molecule has 16 valence electrons. The van der Waals surface area contributed by atoms with Crippen LogP contribution in [0.4, 0.5) is 0 Å². The van der Waals surface area contributed by atoms with Crippen LogP contribution in [0.1, 0.15) is 0 Å². The zero-order chi connectivity index (χ0) is 0. The van der Waals surface area contributed by atoms with E-state index in [9.17, 15) is 0 Å². The van der Waals surface area contributed by atoms with Crippen molar-refractivity contribution in [1.82, 2.24) is 0 Å². The van der Waals surface area contributed by atoms with E-state index in [4.69, 9.17) is 0 Å². The zero-order valence-electron chi connectivity index (χ0n) is 0.500. The van der Waals surface area contributed by atoms with Gasteiger partial charge in [-0.3, -0.25) is 0 Å². The summed E-state index contributed by atoms with van der Waals surface area (Å²) >= 11 is 0. The van der Waals surface area contributed by atoms with Gasteiger partial charge in [0.2, 0.25) is 0 Å². The molecular weight excluding hydrogens is 410 g/mol. The van der Waals surface area contributed by atoms with Crippen molar-refractivity contribution < 1.29 is 21.7 Å². The van der Waals surface area contributed by atoms with Gasteiger partial charge in [0.05, 0.1) is 0 Å². The third-order valence-electron chi connectivity index (χ3n) is 0. The standard InChI is InChI=1S/2Ba.Sr.Ti.6H. The summed E-state index contributed by atoms with van der Waals surface area (Å²) in [6, 6.07) is 0. The molecule has 0 aliphatic heterocycles. The molecule has 0 spiro atoms. The van der Waals surface area contributed by atoms with Gasteiger partial charge in [0.25, 0.3) is 0 Å². The van der Waals surface area contributed by atoms with Crippen LogP contribution in [-0.2, 0) is 21.7 Å². The molecule has 0 aliphatic rings. The van der Waals surface area contributed by atoms with Crippen molar-refractivity contribution >= 4 is 143 Å². The maximum Gasteiger partial charge on any atom is 0 e. The van der Waals surface area contributed by atoms with Crippen molar-refractivity contribution in [3.05, 3.63) is 0 Å². The molecule has 4 heteroatoms. The van der Waals surface area contributed by atoms with E-state index in [1.165, 1.54) is 0 Å². The van der Waals surface area contributed by atoms with Crippen LogP contribution in [0.3, 0.4) is 0 Å². The second-order valence-corrected chi connectivity index (χ2v) is 0. The summed E-state index contributed by atoms with van der Waals surface area (Å²) in [4.78, 5) is 0. The second-order valence-electron chi connectivity index (χ2n) is 0. The first-order valence-electron chi connectivity index (χ1n) is 0. The van der Waals surface area contributed by atoms with Crippen molar-refractivity contribution in [1.29, 1.82) is 0 Å². The van der Waals surface area contributed by atoms with Gasteiger partial charge in [0.15, 0.2) is 0 Å². The predicted molar refractivity (Wildman–Crippen MR) is 25.6 cm³/mol. The van der Waals surface area contributed by atoms with Crippen molar-refractivity contribution in [2.75, 3.05) is 0 Å². The maximum absolute atomic E-state index is 0. The summed E-state index contributed by atoms with van der Waals surface area (Å²) < 4.78 is 0.